The molecule has 2 heterocycles. The fourth-order valence-electron chi connectivity index (χ4n) is 3.31. The Bertz CT molecular complexity index is 700. The quantitative estimate of drug-likeness (QED) is 0.931. The second kappa shape index (κ2) is 7.11. The number of hydrogen-bond donors (Lipinski definition) is 1. The van der Waals surface area contributed by atoms with Crippen LogP contribution in [0.2, 0.25) is 0 Å². The smallest absolute Gasteiger partial charge is 0.222 e. The summed E-state index contributed by atoms with van der Waals surface area (Å²) >= 11 is 0. The Balaban J connectivity index is 1.62. The Labute approximate surface area is 140 Å². The first kappa shape index (κ1) is 16.6. The zero-order chi connectivity index (χ0) is 17.1. The van der Waals surface area contributed by atoms with Crippen molar-refractivity contribution in [2.45, 2.75) is 32.6 Å². The predicted octanol–water partition coefficient (Wildman–Crippen LogP) is 3.49. The fourth-order valence-corrected chi connectivity index (χ4v) is 3.31. The van der Waals surface area contributed by atoms with Crippen molar-refractivity contribution in [2.24, 2.45) is 5.92 Å². The van der Waals surface area contributed by atoms with Gasteiger partial charge in [0.25, 0.3) is 0 Å². The number of nitrogen functional groups attached to an aromatic ring is 1. The lowest BCUT2D eigenvalue weighted by Gasteiger charge is -2.33. The number of benzene rings is 1. The number of nitrogens with zero attached hydrogens (tertiary/aromatic N) is 3. The molecule has 1 aromatic heterocycles. The van der Waals surface area contributed by atoms with Gasteiger partial charge in [-0.15, -0.1) is 0 Å². The van der Waals surface area contributed by atoms with Crippen molar-refractivity contribution >= 4 is 11.8 Å². The molecule has 0 spiro atoms. The van der Waals surface area contributed by atoms with Gasteiger partial charge in [-0.05, 0) is 56.2 Å². The molecular formula is C18H22F2N4. The topological polar surface area (TPSA) is 55.0 Å². The van der Waals surface area contributed by atoms with Crippen LogP contribution in [0.1, 0.15) is 30.5 Å². The van der Waals surface area contributed by atoms with Gasteiger partial charge in [-0.3, -0.25) is 0 Å². The molecule has 0 radical (unpaired) electrons. The lowest BCUT2D eigenvalue weighted by molar-refractivity contribution is 0.389. The number of aromatic nitrogens is 2. The number of anilines is 2. The van der Waals surface area contributed by atoms with Crippen molar-refractivity contribution < 1.29 is 8.78 Å². The number of aryl methyl sites for hydroxylation is 2. The van der Waals surface area contributed by atoms with Gasteiger partial charge >= 0.3 is 0 Å². The molecule has 0 amide bonds. The van der Waals surface area contributed by atoms with Crippen LogP contribution in [-0.2, 0) is 6.42 Å². The monoisotopic (exact) mass is 332 g/mol. The lowest BCUT2D eigenvalue weighted by atomic mass is 9.91. The van der Waals surface area contributed by atoms with E-state index in [-0.39, 0.29) is 0 Å². The molecule has 2 aromatic rings. The molecule has 1 saturated heterocycles. The van der Waals surface area contributed by atoms with Crippen molar-refractivity contribution in [1.29, 1.82) is 0 Å². The van der Waals surface area contributed by atoms with Crippen molar-refractivity contribution in [3.05, 3.63) is 47.2 Å². The second-order valence-electron chi connectivity index (χ2n) is 6.47. The first-order valence-corrected chi connectivity index (χ1v) is 8.31. The van der Waals surface area contributed by atoms with Crippen LogP contribution < -0.4 is 10.6 Å². The highest BCUT2D eigenvalue weighted by molar-refractivity contribution is 5.43. The number of piperidine rings is 1. The zero-order valence-corrected chi connectivity index (χ0v) is 13.8. The summed E-state index contributed by atoms with van der Waals surface area (Å²) in [4.78, 5) is 10.7. The lowest BCUT2D eigenvalue weighted by Crippen LogP contribution is -2.36. The van der Waals surface area contributed by atoms with E-state index in [0.29, 0.717) is 11.9 Å². The van der Waals surface area contributed by atoms with E-state index >= 15 is 0 Å². The summed E-state index contributed by atoms with van der Waals surface area (Å²) in [6.07, 6.45) is 3.92. The molecule has 24 heavy (non-hydrogen) atoms. The van der Waals surface area contributed by atoms with Crippen molar-refractivity contribution in [1.82, 2.24) is 9.97 Å². The SMILES string of the molecule is Cc1cc(N2CCCC(CCc3ccc(F)c(F)c3)C2)nc(N)n1. The van der Waals surface area contributed by atoms with Gasteiger partial charge in [-0.25, -0.2) is 13.8 Å². The summed E-state index contributed by atoms with van der Waals surface area (Å²) in [6, 6.07) is 6.11. The van der Waals surface area contributed by atoms with E-state index in [9.17, 15) is 8.78 Å². The molecule has 6 heteroatoms. The van der Waals surface area contributed by atoms with Crippen molar-refractivity contribution in [3.63, 3.8) is 0 Å². The zero-order valence-electron chi connectivity index (χ0n) is 13.8. The minimum absolute atomic E-state index is 0.300. The third-order valence-electron chi connectivity index (χ3n) is 4.53. The molecule has 1 aliphatic heterocycles. The molecule has 1 atom stereocenters. The maximum Gasteiger partial charge on any atom is 0.222 e. The van der Waals surface area contributed by atoms with Crippen LogP contribution in [0.3, 0.4) is 0 Å². The van der Waals surface area contributed by atoms with E-state index < -0.39 is 11.6 Å². The maximum absolute atomic E-state index is 13.3. The highest BCUT2D eigenvalue weighted by Crippen LogP contribution is 2.26. The van der Waals surface area contributed by atoms with Crippen molar-refractivity contribution in [3.8, 4) is 0 Å². The van der Waals surface area contributed by atoms with Gasteiger partial charge in [0.15, 0.2) is 11.6 Å². The van der Waals surface area contributed by atoms with Gasteiger partial charge in [0, 0.05) is 24.8 Å². The number of halogens is 2. The summed E-state index contributed by atoms with van der Waals surface area (Å²) in [5, 5.41) is 0. The largest absolute Gasteiger partial charge is 0.368 e. The van der Waals surface area contributed by atoms with Gasteiger partial charge in [-0.1, -0.05) is 6.07 Å². The van der Waals surface area contributed by atoms with E-state index in [1.165, 1.54) is 12.1 Å². The Morgan fingerprint density at radius 2 is 2.04 bits per heavy atom. The predicted molar refractivity (Wildman–Crippen MR) is 90.8 cm³/mol. The van der Waals surface area contributed by atoms with Gasteiger partial charge in [0.05, 0.1) is 0 Å². The summed E-state index contributed by atoms with van der Waals surface area (Å²) < 4.78 is 26.3. The molecule has 0 aliphatic carbocycles. The van der Waals surface area contributed by atoms with E-state index in [2.05, 4.69) is 14.9 Å². The average Bonchev–Trinajstić information content (AvgIpc) is 2.55. The third-order valence-corrected chi connectivity index (χ3v) is 4.53. The van der Waals surface area contributed by atoms with Crippen LogP contribution in [0.15, 0.2) is 24.3 Å². The average molecular weight is 332 g/mol. The number of rotatable bonds is 4. The summed E-state index contributed by atoms with van der Waals surface area (Å²) in [7, 11) is 0. The molecular weight excluding hydrogens is 310 g/mol. The molecule has 128 valence electrons. The molecule has 4 nitrogen and oxygen atoms in total. The van der Waals surface area contributed by atoms with Crippen LogP contribution >= 0.6 is 0 Å². The molecule has 1 aliphatic rings. The molecule has 1 fully saturated rings. The van der Waals surface area contributed by atoms with E-state index in [1.807, 2.05) is 13.0 Å². The number of hydrogen-bond acceptors (Lipinski definition) is 4. The summed E-state index contributed by atoms with van der Waals surface area (Å²) in [5.74, 6) is 0.110. The molecule has 0 bridgehead atoms. The van der Waals surface area contributed by atoms with E-state index in [4.69, 9.17) is 5.73 Å². The van der Waals surface area contributed by atoms with Gasteiger partial charge in [-0.2, -0.15) is 4.98 Å². The number of nitrogens with two attached hydrogens (primary N) is 1. The highest BCUT2D eigenvalue weighted by atomic mass is 19.2. The first-order valence-electron chi connectivity index (χ1n) is 8.31. The Morgan fingerprint density at radius 3 is 2.79 bits per heavy atom. The van der Waals surface area contributed by atoms with Crippen molar-refractivity contribution in [2.75, 3.05) is 23.7 Å². The molecule has 1 unspecified atom stereocenters. The van der Waals surface area contributed by atoms with Gasteiger partial charge in [0.2, 0.25) is 5.95 Å². The standard InChI is InChI=1S/C18H22F2N4/c1-12-9-17(23-18(21)22-12)24-8-2-3-14(11-24)5-4-13-6-7-15(19)16(20)10-13/h6-7,9-10,14H,2-5,8,11H2,1H3,(H2,21,22,23). The van der Waals surface area contributed by atoms with E-state index in [0.717, 1.165) is 55.8 Å². The fraction of sp³-hybridized carbons (Fsp3) is 0.444. The molecule has 0 saturated carbocycles. The Hall–Kier alpha value is -2.24. The minimum Gasteiger partial charge on any atom is -0.368 e. The van der Waals surface area contributed by atoms with Crippen LogP contribution in [0.5, 0.6) is 0 Å². The molecule has 3 rings (SSSR count). The summed E-state index contributed by atoms with van der Waals surface area (Å²) in [5.41, 5.74) is 7.45. The highest BCUT2D eigenvalue weighted by Gasteiger charge is 2.21. The second-order valence-corrected chi connectivity index (χ2v) is 6.47. The van der Waals surface area contributed by atoms with Crippen LogP contribution in [-0.4, -0.2) is 23.1 Å². The van der Waals surface area contributed by atoms with Crippen LogP contribution in [0.25, 0.3) is 0 Å². The minimum atomic E-state index is -0.792. The van der Waals surface area contributed by atoms with Crippen LogP contribution in [0.4, 0.5) is 20.5 Å². The normalized spacial score (nSPS) is 18.0. The molecule has 1 aromatic carbocycles. The van der Waals surface area contributed by atoms with Gasteiger partial charge < -0.3 is 10.6 Å². The summed E-state index contributed by atoms with van der Waals surface area (Å²) in [6.45, 7) is 3.77. The first-order chi connectivity index (χ1) is 11.5. The Kier molecular flexibility index (Phi) is 4.92. The third kappa shape index (κ3) is 3.99. The van der Waals surface area contributed by atoms with E-state index in [1.54, 1.807) is 6.07 Å². The van der Waals surface area contributed by atoms with Crippen LogP contribution in [0, 0.1) is 24.5 Å². The maximum atomic E-state index is 13.3. The Morgan fingerprint density at radius 1 is 1.21 bits per heavy atom. The van der Waals surface area contributed by atoms with Gasteiger partial charge in [0.1, 0.15) is 5.82 Å². The molecule has 2 N–H and O–H groups in total.